The minimum absolute atomic E-state index is 0.288. The molecule has 1 aromatic carbocycles. The van der Waals surface area contributed by atoms with Crippen LogP contribution in [-0.4, -0.2) is 18.9 Å². The molecular weight excluding hydrogens is 160 g/mol. The Balaban J connectivity index is 1.98. The van der Waals surface area contributed by atoms with Gasteiger partial charge in [0.2, 0.25) is 0 Å². The molecule has 2 nitrogen and oxygen atoms in total. The second kappa shape index (κ2) is 4.19. The molecule has 0 saturated heterocycles. The Hall–Kier alpha value is -1.15. The van der Waals surface area contributed by atoms with Crippen LogP contribution in [0.4, 0.5) is 0 Å². The highest BCUT2D eigenvalue weighted by Crippen LogP contribution is 2.05. The van der Waals surface area contributed by atoms with E-state index in [1.165, 1.54) is 5.56 Å². The second-order valence-electron chi connectivity index (χ2n) is 3.28. The van der Waals surface area contributed by atoms with Gasteiger partial charge in [-0.05, 0) is 12.0 Å². The first-order valence-electron chi connectivity index (χ1n) is 4.74. The van der Waals surface area contributed by atoms with Gasteiger partial charge in [-0.15, -0.1) is 0 Å². The van der Waals surface area contributed by atoms with Gasteiger partial charge < -0.3 is 0 Å². The van der Waals surface area contributed by atoms with E-state index in [1.807, 2.05) is 12.3 Å². The molecule has 0 fully saturated rings. The quantitative estimate of drug-likeness (QED) is 0.724. The van der Waals surface area contributed by atoms with Gasteiger partial charge in [0.1, 0.15) is 6.17 Å². The summed E-state index contributed by atoms with van der Waals surface area (Å²) in [6.07, 6.45) is 4.36. The lowest BCUT2D eigenvalue weighted by Gasteiger charge is -2.17. The maximum Gasteiger partial charge on any atom is 0.103 e. The third kappa shape index (κ3) is 2.39. The van der Waals surface area contributed by atoms with E-state index in [-0.39, 0.29) is 6.17 Å². The number of aliphatic imine (C=N–C) groups is 1. The average Bonchev–Trinajstić information content (AvgIpc) is 2.21. The molecule has 13 heavy (non-hydrogen) atoms. The Morgan fingerprint density at radius 1 is 1.31 bits per heavy atom. The van der Waals surface area contributed by atoms with Crippen molar-refractivity contribution in [2.45, 2.75) is 19.0 Å². The molecule has 0 aromatic heterocycles. The summed E-state index contributed by atoms with van der Waals surface area (Å²) in [5.41, 5.74) is 1.35. The predicted molar refractivity (Wildman–Crippen MR) is 55.0 cm³/mol. The van der Waals surface area contributed by atoms with Crippen molar-refractivity contribution in [3.63, 3.8) is 0 Å². The molecule has 0 spiro atoms. The summed E-state index contributed by atoms with van der Waals surface area (Å²) in [6.45, 7) is 1.06. The van der Waals surface area contributed by atoms with Crippen LogP contribution in [-0.2, 0) is 6.42 Å². The van der Waals surface area contributed by atoms with Gasteiger partial charge in [0.05, 0.1) is 0 Å². The summed E-state index contributed by atoms with van der Waals surface area (Å²) in [4.78, 5) is 4.39. The number of hydrogen-bond acceptors (Lipinski definition) is 2. The number of nitrogens with one attached hydrogen (secondary N) is 1. The fourth-order valence-corrected chi connectivity index (χ4v) is 1.53. The van der Waals surface area contributed by atoms with Crippen molar-refractivity contribution in [3.8, 4) is 0 Å². The SMILES string of the molecule is C1=NC(Cc2ccccc2)NCC1. The van der Waals surface area contributed by atoms with E-state index in [9.17, 15) is 0 Å². The van der Waals surface area contributed by atoms with E-state index in [1.54, 1.807) is 0 Å². The molecule has 0 saturated carbocycles. The number of nitrogens with zero attached hydrogens (tertiary/aromatic N) is 1. The van der Waals surface area contributed by atoms with E-state index in [0.29, 0.717) is 0 Å². The maximum absolute atomic E-state index is 4.39. The third-order valence-electron chi connectivity index (χ3n) is 2.21. The number of rotatable bonds is 2. The highest BCUT2D eigenvalue weighted by Gasteiger charge is 2.08. The molecule has 1 unspecified atom stereocenters. The molecular formula is C11H14N2. The van der Waals surface area contributed by atoms with E-state index in [4.69, 9.17) is 0 Å². The van der Waals surface area contributed by atoms with Crippen LogP contribution in [0.15, 0.2) is 35.3 Å². The molecule has 0 bridgehead atoms. The summed E-state index contributed by atoms with van der Waals surface area (Å²) in [5.74, 6) is 0. The molecule has 0 amide bonds. The van der Waals surface area contributed by atoms with Crippen molar-refractivity contribution in [2.75, 3.05) is 6.54 Å². The van der Waals surface area contributed by atoms with Crippen molar-refractivity contribution in [2.24, 2.45) is 4.99 Å². The van der Waals surface area contributed by atoms with Crippen LogP contribution < -0.4 is 5.32 Å². The predicted octanol–water partition coefficient (Wildman–Crippen LogP) is 1.62. The summed E-state index contributed by atoms with van der Waals surface area (Å²) in [7, 11) is 0. The Bertz CT molecular complexity index is 279. The van der Waals surface area contributed by atoms with Crippen molar-refractivity contribution in [1.29, 1.82) is 0 Å². The number of benzene rings is 1. The van der Waals surface area contributed by atoms with E-state index < -0.39 is 0 Å². The molecule has 68 valence electrons. The first-order chi connectivity index (χ1) is 6.45. The molecule has 1 heterocycles. The fraction of sp³-hybridized carbons (Fsp3) is 0.364. The van der Waals surface area contributed by atoms with Gasteiger partial charge in [0.15, 0.2) is 0 Å². The van der Waals surface area contributed by atoms with Crippen LogP contribution in [0.2, 0.25) is 0 Å². The maximum atomic E-state index is 4.39. The van der Waals surface area contributed by atoms with Crippen LogP contribution >= 0.6 is 0 Å². The normalized spacial score (nSPS) is 21.7. The minimum Gasteiger partial charge on any atom is -0.295 e. The smallest absolute Gasteiger partial charge is 0.103 e. The zero-order valence-electron chi connectivity index (χ0n) is 7.61. The van der Waals surface area contributed by atoms with Gasteiger partial charge in [-0.2, -0.15) is 0 Å². The van der Waals surface area contributed by atoms with E-state index in [2.05, 4.69) is 34.6 Å². The Kier molecular flexibility index (Phi) is 2.72. The second-order valence-corrected chi connectivity index (χ2v) is 3.28. The highest BCUT2D eigenvalue weighted by molar-refractivity contribution is 5.58. The van der Waals surface area contributed by atoms with Crippen molar-refractivity contribution in [3.05, 3.63) is 35.9 Å². The Labute approximate surface area is 78.7 Å². The van der Waals surface area contributed by atoms with Gasteiger partial charge in [0.25, 0.3) is 0 Å². The minimum atomic E-state index is 0.288. The lowest BCUT2D eigenvalue weighted by Crippen LogP contribution is -2.33. The standard InChI is InChI=1S/C11H14N2/c1-2-5-10(6-3-1)9-11-12-7-4-8-13-11/h1-3,5-7,11,13H,4,8-9H2. The third-order valence-corrected chi connectivity index (χ3v) is 2.21. The van der Waals surface area contributed by atoms with Crippen LogP contribution in [0.5, 0.6) is 0 Å². The lowest BCUT2D eigenvalue weighted by atomic mass is 10.1. The summed E-state index contributed by atoms with van der Waals surface area (Å²) < 4.78 is 0. The van der Waals surface area contributed by atoms with Crippen LogP contribution in [0, 0.1) is 0 Å². The molecule has 1 aromatic rings. The molecule has 2 rings (SSSR count). The molecule has 0 radical (unpaired) electrons. The Morgan fingerprint density at radius 2 is 2.15 bits per heavy atom. The lowest BCUT2D eigenvalue weighted by molar-refractivity contribution is 0.521. The van der Waals surface area contributed by atoms with Crippen LogP contribution in [0.1, 0.15) is 12.0 Å². The Morgan fingerprint density at radius 3 is 2.85 bits per heavy atom. The molecule has 2 heteroatoms. The van der Waals surface area contributed by atoms with Gasteiger partial charge in [0, 0.05) is 19.2 Å². The van der Waals surface area contributed by atoms with Gasteiger partial charge in [-0.1, -0.05) is 30.3 Å². The zero-order chi connectivity index (χ0) is 8.93. The van der Waals surface area contributed by atoms with Crippen LogP contribution in [0.25, 0.3) is 0 Å². The van der Waals surface area contributed by atoms with Gasteiger partial charge in [-0.25, -0.2) is 0 Å². The van der Waals surface area contributed by atoms with Crippen molar-refractivity contribution in [1.82, 2.24) is 5.32 Å². The fourth-order valence-electron chi connectivity index (χ4n) is 1.53. The van der Waals surface area contributed by atoms with Gasteiger partial charge in [-0.3, -0.25) is 10.3 Å². The largest absolute Gasteiger partial charge is 0.295 e. The molecule has 1 aliphatic rings. The van der Waals surface area contributed by atoms with Crippen molar-refractivity contribution >= 4 is 6.21 Å². The first-order valence-corrected chi connectivity index (χ1v) is 4.74. The number of hydrogen-bond donors (Lipinski definition) is 1. The molecule has 1 aliphatic heterocycles. The zero-order valence-corrected chi connectivity index (χ0v) is 7.61. The molecule has 1 N–H and O–H groups in total. The molecule has 1 atom stereocenters. The summed E-state index contributed by atoms with van der Waals surface area (Å²) >= 11 is 0. The van der Waals surface area contributed by atoms with E-state index in [0.717, 1.165) is 19.4 Å². The highest BCUT2D eigenvalue weighted by atomic mass is 15.1. The molecule has 0 aliphatic carbocycles. The van der Waals surface area contributed by atoms with Gasteiger partial charge >= 0.3 is 0 Å². The van der Waals surface area contributed by atoms with Crippen LogP contribution in [0.3, 0.4) is 0 Å². The van der Waals surface area contributed by atoms with E-state index >= 15 is 0 Å². The first kappa shape index (κ1) is 8.45. The van der Waals surface area contributed by atoms with Crippen molar-refractivity contribution < 1.29 is 0 Å². The average molecular weight is 174 g/mol. The monoisotopic (exact) mass is 174 g/mol. The topological polar surface area (TPSA) is 24.4 Å². The summed E-state index contributed by atoms with van der Waals surface area (Å²) in [5, 5.41) is 3.37. The summed E-state index contributed by atoms with van der Waals surface area (Å²) in [6, 6.07) is 10.5.